The molecule has 1 aliphatic heterocycles. The van der Waals surface area contributed by atoms with Crippen LogP contribution in [-0.4, -0.2) is 66.3 Å². The van der Waals surface area contributed by atoms with Crippen molar-refractivity contribution in [3.63, 3.8) is 0 Å². The van der Waals surface area contributed by atoms with Crippen LogP contribution in [0.15, 0.2) is 48.5 Å². The molecule has 0 spiro atoms. The van der Waals surface area contributed by atoms with Gasteiger partial charge in [0.2, 0.25) is 17.7 Å². The van der Waals surface area contributed by atoms with Gasteiger partial charge in [-0.15, -0.1) is 0 Å². The Kier molecular flexibility index (Phi) is 8.10. The molecule has 1 atom stereocenters. The summed E-state index contributed by atoms with van der Waals surface area (Å²) in [5, 5.41) is 5.63. The molecule has 1 saturated heterocycles. The topological polar surface area (TPSA) is 81.8 Å². The number of hydrogen-bond acceptors (Lipinski definition) is 4. The van der Waals surface area contributed by atoms with Gasteiger partial charge in [-0.3, -0.25) is 19.3 Å². The molecular weight excluding hydrogens is 428 g/mol. The van der Waals surface area contributed by atoms with Crippen LogP contribution in [-0.2, 0) is 19.8 Å². The first-order valence-electron chi connectivity index (χ1n) is 11.8. The molecule has 1 heterocycles. The highest BCUT2D eigenvalue weighted by atomic mass is 16.2. The van der Waals surface area contributed by atoms with Crippen LogP contribution < -0.4 is 10.6 Å². The highest BCUT2D eigenvalue weighted by Gasteiger charge is 2.36. The number of benzene rings is 2. The van der Waals surface area contributed by atoms with Crippen molar-refractivity contribution < 1.29 is 14.4 Å². The molecule has 1 aliphatic rings. The van der Waals surface area contributed by atoms with Gasteiger partial charge in [0.05, 0.1) is 18.0 Å². The zero-order valence-electron chi connectivity index (χ0n) is 20.9. The van der Waals surface area contributed by atoms with E-state index in [0.29, 0.717) is 26.2 Å². The molecule has 0 aromatic heterocycles. The summed E-state index contributed by atoms with van der Waals surface area (Å²) in [5.74, 6) is -0.351. The smallest absolute Gasteiger partial charge is 0.243 e. The second-order valence-electron chi connectivity index (χ2n) is 9.53. The third-order valence-corrected chi connectivity index (χ3v) is 6.73. The fourth-order valence-corrected chi connectivity index (χ4v) is 4.36. The lowest BCUT2D eigenvalue weighted by atomic mass is 9.83. The number of carbonyl (C=O) groups is 3. The summed E-state index contributed by atoms with van der Waals surface area (Å²) in [7, 11) is 0. The van der Waals surface area contributed by atoms with E-state index in [2.05, 4.69) is 15.5 Å². The number of nitrogens with one attached hydrogen (secondary N) is 2. The number of carbonyl (C=O) groups excluding carboxylic acids is 3. The Labute approximate surface area is 202 Å². The predicted molar refractivity (Wildman–Crippen MR) is 135 cm³/mol. The standard InChI is InChI=1S/C27H36N4O3/c1-19-10-9-11-20(2)24(19)29-23(32)18-28-25(33)21(3)30-14-16-31(17-15-30)26(34)27(4,5)22-12-7-6-8-13-22/h6-13,21H,14-18H2,1-5H3,(H,28,33)(H,29,32). The lowest BCUT2D eigenvalue weighted by Gasteiger charge is -2.40. The molecule has 7 nitrogen and oxygen atoms in total. The van der Waals surface area contributed by atoms with Gasteiger partial charge >= 0.3 is 0 Å². The van der Waals surface area contributed by atoms with Crippen LogP contribution in [0.4, 0.5) is 5.69 Å². The molecule has 0 bridgehead atoms. The molecule has 7 heteroatoms. The third-order valence-electron chi connectivity index (χ3n) is 6.73. The molecule has 2 aromatic carbocycles. The second kappa shape index (κ2) is 10.8. The second-order valence-corrected chi connectivity index (χ2v) is 9.53. The molecule has 182 valence electrons. The van der Waals surface area contributed by atoms with Crippen molar-refractivity contribution >= 4 is 23.4 Å². The van der Waals surface area contributed by atoms with Crippen LogP contribution in [0.3, 0.4) is 0 Å². The summed E-state index contributed by atoms with van der Waals surface area (Å²) >= 11 is 0. The van der Waals surface area contributed by atoms with Gasteiger partial charge < -0.3 is 15.5 Å². The first-order valence-corrected chi connectivity index (χ1v) is 11.8. The number of amides is 3. The number of aryl methyl sites for hydroxylation is 2. The monoisotopic (exact) mass is 464 g/mol. The van der Waals surface area contributed by atoms with Gasteiger partial charge in [0.15, 0.2) is 0 Å². The van der Waals surface area contributed by atoms with Crippen molar-refractivity contribution in [1.82, 2.24) is 15.1 Å². The lowest BCUT2D eigenvalue weighted by Crippen LogP contribution is -2.57. The normalized spacial score (nSPS) is 15.5. The van der Waals surface area contributed by atoms with Crippen molar-refractivity contribution in [3.8, 4) is 0 Å². The van der Waals surface area contributed by atoms with Gasteiger partial charge in [-0.25, -0.2) is 0 Å². The summed E-state index contributed by atoms with van der Waals surface area (Å²) in [6.07, 6.45) is 0. The largest absolute Gasteiger partial charge is 0.346 e. The van der Waals surface area contributed by atoms with Crippen molar-refractivity contribution in [3.05, 3.63) is 65.2 Å². The predicted octanol–water partition coefficient (Wildman–Crippen LogP) is 2.87. The van der Waals surface area contributed by atoms with E-state index in [1.807, 2.05) is 88.0 Å². The lowest BCUT2D eigenvalue weighted by molar-refractivity contribution is -0.139. The van der Waals surface area contributed by atoms with E-state index in [-0.39, 0.29) is 30.3 Å². The van der Waals surface area contributed by atoms with E-state index in [1.165, 1.54) is 0 Å². The number of piperazine rings is 1. The average Bonchev–Trinajstić information content (AvgIpc) is 2.84. The fraction of sp³-hybridized carbons (Fsp3) is 0.444. The van der Waals surface area contributed by atoms with Crippen LogP contribution in [0, 0.1) is 13.8 Å². The van der Waals surface area contributed by atoms with Crippen molar-refractivity contribution in [2.24, 2.45) is 0 Å². The Morgan fingerprint density at radius 1 is 0.912 bits per heavy atom. The highest BCUT2D eigenvalue weighted by molar-refractivity contribution is 5.96. The molecular formula is C27H36N4O3. The first-order chi connectivity index (χ1) is 16.1. The molecule has 3 amide bonds. The van der Waals surface area contributed by atoms with Crippen LogP contribution in [0.1, 0.15) is 37.5 Å². The third kappa shape index (κ3) is 5.83. The van der Waals surface area contributed by atoms with Crippen LogP contribution in [0.5, 0.6) is 0 Å². The molecule has 2 N–H and O–H groups in total. The van der Waals surface area contributed by atoms with Crippen LogP contribution in [0.25, 0.3) is 0 Å². The zero-order chi connectivity index (χ0) is 24.9. The Morgan fingerprint density at radius 2 is 1.50 bits per heavy atom. The Balaban J connectivity index is 1.48. The average molecular weight is 465 g/mol. The molecule has 34 heavy (non-hydrogen) atoms. The molecule has 0 aliphatic carbocycles. The van der Waals surface area contributed by atoms with E-state index in [9.17, 15) is 14.4 Å². The minimum atomic E-state index is -0.602. The maximum Gasteiger partial charge on any atom is 0.243 e. The van der Waals surface area contributed by atoms with Crippen LogP contribution >= 0.6 is 0 Å². The van der Waals surface area contributed by atoms with Gasteiger partial charge in [0.1, 0.15) is 0 Å². The summed E-state index contributed by atoms with van der Waals surface area (Å²) in [6, 6.07) is 15.3. The van der Waals surface area contributed by atoms with E-state index < -0.39 is 5.41 Å². The van der Waals surface area contributed by atoms with E-state index in [1.54, 1.807) is 0 Å². The quantitative estimate of drug-likeness (QED) is 0.660. The molecule has 0 radical (unpaired) electrons. The maximum absolute atomic E-state index is 13.2. The number of anilines is 1. The minimum absolute atomic E-state index is 0.0827. The first kappa shape index (κ1) is 25.4. The van der Waals surface area contributed by atoms with Gasteiger partial charge in [0, 0.05) is 31.9 Å². The minimum Gasteiger partial charge on any atom is -0.346 e. The van der Waals surface area contributed by atoms with Gasteiger partial charge in [-0.1, -0.05) is 48.5 Å². The van der Waals surface area contributed by atoms with Crippen molar-refractivity contribution in [1.29, 1.82) is 0 Å². The number of nitrogens with zero attached hydrogens (tertiary/aromatic N) is 2. The van der Waals surface area contributed by atoms with Crippen molar-refractivity contribution in [2.75, 3.05) is 38.0 Å². The Bertz CT molecular complexity index is 1010. The van der Waals surface area contributed by atoms with E-state index in [0.717, 1.165) is 22.4 Å². The fourth-order valence-electron chi connectivity index (χ4n) is 4.36. The van der Waals surface area contributed by atoms with E-state index >= 15 is 0 Å². The summed E-state index contributed by atoms with van der Waals surface area (Å²) in [5.41, 5.74) is 3.14. The Hall–Kier alpha value is -3.19. The summed E-state index contributed by atoms with van der Waals surface area (Å²) < 4.78 is 0. The van der Waals surface area contributed by atoms with Gasteiger partial charge in [-0.05, 0) is 51.3 Å². The van der Waals surface area contributed by atoms with Crippen LogP contribution in [0.2, 0.25) is 0 Å². The number of para-hydroxylation sites is 1. The van der Waals surface area contributed by atoms with E-state index in [4.69, 9.17) is 0 Å². The van der Waals surface area contributed by atoms with Crippen molar-refractivity contribution in [2.45, 2.75) is 46.1 Å². The SMILES string of the molecule is Cc1cccc(C)c1NC(=O)CNC(=O)C(C)N1CCN(C(=O)C(C)(C)c2ccccc2)CC1. The number of hydrogen-bond donors (Lipinski definition) is 2. The summed E-state index contributed by atoms with van der Waals surface area (Å²) in [4.78, 5) is 42.2. The molecule has 1 fully saturated rings. The van der Waals surface area contributed by atoms with Gasteiger partial charge in [-0.2, -0.15) is 0 Å². The molecule has 3 rings (SSSR count). The molecule has 0 saturated carbocycles. The van der Waals surface area contributed by atoms with Gasteiger partial charge in [0.25, 0.3) is 0 Å². The highest BCUT2D eigenvalue weighted by Crippen LogP contribution is 2.26. The zero-order valence-corrected chi connectivity index (χ0v) is 20.9. The summed E-state index contributed by atoms with van der Waals surface area (Å²) in [6.45, 7) is 11.9. The number of rotatable bonds is 7. The Morgan fingerprint density at radius 3 is 2.09 bits per heavy atom. The molecule has 2 aromatic rings. The molecule has 1 unspecified atom stereocenters. The maximum atomic E-state index is 13.2.